The number of benzene rings is 2. The van der Waals surface area contributed by atoms with Crippen LogP contribution in [-0.4, -0.2) is 39.7 Å². The highest BCUT2D eigenvalue weighted by atomic mass is 35.5. The zero-order chi connectivity index (χ0) is 24.2. The number of rotatable bonds is 6. The number of anilines is 2. The Balaban J connectivity index is 1.76. The number of amides is 3. The maximum atomic E-state index is 12.9. The molecule has 0 spiro atoms. The van der Waals surface area contributed by atoms with Gasteiger partial charge < -0.3 is 15.5 Å². The smallest absolute Gasteiger partial charge is 0.315 e. The molecule has 0 aliphatic heterocycles. The maximum absolute atomic E-state index is 12.9. The Morgan fingerprint density at radius 3 is 2.09 bits per heavy atom. The molecule has 33 heavy (non-hydrogen) atoms. The van der Waals surface area contributed by atoms with E-state index in [0.717, 1.165) is 11.4 Å². The average molecular weight is 488 g/mol. The summed E-state index contributed by atoms with van der Waals surface area (Å²) in [5.74, 6) is 0.181. The van der Waals surface area contributed by atoms with Gasteiger partial charge in [0, 0.05) is 33.8 Å². The van der Waals surface area contributed by atoms with Crippen molar-refractivity contribution in [3.05, 3.63) is 70.3 Å². The molecule has 0 bridgehead atoms. The molecule has 1 heterocycles. The van der Waals surface area contributed by atoms with Crippen molar-refractivity contribution in [3.63, 3.8) is 0 Å². The second kappa shape index (κ2) is 10.3. The van der Waals surface area contributed by atoms with Crippen LogP contribution in [0.25, 0.3) is 5.69 Å². The van der Waals surface area contributed by atoms with Gasteiger partial charge in [-0.1, -0.05) is 44.0 Å². The fourth-order valence-electron chi connectivity index (χ4n) is 3.03. The van der Waals surface area contributed by atoms with Crippen LogP contribution >= 0.6 is 23.2 Å². The third kappa shape index (κ3) is 6.49. The zero-order valence-corrected chi connectivity index (χ0v) is 20.5. The lowest BCUT2D eigenvalue weighted by atomic mass is 9.92. The molecule has 0 radical (unpaired) electrons. The first-order valence-corrected chi connectivity index (χ1v) is 11.3. The topological polar surface area (TPSA) is 79.3 Å². The van der Waals surface area contributed by atoms with Crippen LogP contribution in [0.15, 0.2) is 54.6 Å². The van der Waals surface area contributed by atoms with Gasteiger partial charge >= 0.3 is 6.03 Å². The Labute approximate surface area is 203 Å². The molecule has 3 rings (SSSR count). The van der Waals surface area contributed by atoms with Crippen molar-refractivity contribution in [1.82, 2.24) is 14.7 Å². The number of carbonyl (C=O) groups excluding carboxylic acids is 2. The Hall–Kier alpha value is -3.03. The summed E-state index contributed by atoms with van der Waals surface area (Å²) in [6, 6.07) is 15.4. The minimum absolute atomic E-state index is 0.118. The van der Waals surface area contributed by atoms with Gasteiger partial charge in [-0.2, -0.15) is 5.10 Å². The lowest BCUT2D eigenvalue weighted by Gasteiger charge is -2.21. The predicted molar refractivity (Wildman–Crippen MR) is 134 cm³/mol. The number of aromatic nitrogens is 2. The summed E-state index contributed by atoms with van der Waals surface area (Å²) in [6.07, 6.45) is 0. The van der Waals surface area contributed by atoms with E-state index >= 15 is 0 Å². The van der Waals surface area contributed by atoms with Gasteiger partial charge in [0.15, 0.2) is 0 Å². The molecule has 0 aliphatic rings. The molecular weight excluding hydrogens is 461 g/mol. The molecule has 7 nitrogen and oxygen atoms in total. The first-order chi connectivity index (χ1) is 15.6. The highest BCUT2D eigenvalue weighted by Gasteiger charge is 2.23. The van der Waals surface area contributed by atoms with Crippen molar-refractivity contribution in [1.29, 1.82) is 0 Å². The number of carbonyl (C=O) groups is 2. The van der Waals surface area contributed by atoms with Crippen LogP contribution in [0.3, 0.4) is 0 Å². The van der Waals surface area contributed by atoms with Crippen LogP contribution in [0.2, 0.25) is 10.0 Å². The number of nitrogens with zero attached hydrogens (tertiary/aromatic N) is 3. The Morgan fingerprint density at radius 1 is 0.970 bits per heavy atom. The number of hydrogen-bond acceptors (Lipinski definition) is 3. The van der Waals surface area contributed by atoms with Crippen molar-refractivity contribution in [3.8, 4) is 5.69 Å². The highest BCUT2D eigenvalue weighted by molar-refractivity contribution is 6.30. The molecule has 3 amide bonds. The summed E-state index contributed by atoms with van der Waals surface area (Å²) in [7, 11) is 0. The van der Waals surface area contributed by atoms with Gasteiger partial charge in [-0.3, -0.25) is 4.79 Å². The molecule has 0 atom stereocenters. The third-order valence-electron chi connectivity index (χ3n) is 4.92. The first kappa shape index (κ1) is 24.6. The van der Waals surface area contributed by atoms with Crippen molar-refractivity contribution < 1.29 is 9.59 Å². The molecule has 0 fully saturated rings. The molecule has 9 heteroatoms. The van der Waals surface area contributed by atoms with E-state index in [2.05, 4.69) is 15.7 Å². The van der Waals surface area contributed by atoms with E-state index in [4.69, 9.17) is 23.2 Å². The monoisotopic (exact) mass is 487 g/mol. The van der Waals surface area contributed by atoms with E-state index in [1.807, 2.05) is 45.9 Å². The molecule has 2 aromatic carbocycles. The van der Waals surface area contributed by atoms with Crippen LogP contribution in [0.5, 0.6) is 0 Å². The van der Waals surface area contributed by atoms with Gasteiger partial charge in [0.25, 0.3) is 0 Å². The number of halogens is 2. The van der Waals surface area contributed by atoms with E-state index in [-0.39, 0.29) is 23.9 Å². The fraction of sp³-hybridized carbons (Fsp3) is 0.292. The lowest BCUT2D eigenvalue weighted by Crippen LogP contribution is -2.40. The molecule has 3 aromatic rings. The van der Waals surface area contributed by atoms with E-state index in [1.165, 1.54) is 4.90 Å². The second-order valence-electron chi connectivity index (χ2n) is 8.55. The standard InChI is InChI=1S/C24H27Cl2N5O2/c1-5-30(23(33)27-18-10-6-16(25)7-11-18)15-22(32)28-21-14-20(24(2,3)4)29-31(21)19-12-8-17(26)9-13-19/h6-14H,5,15H2,1-4H3,(H,27,33)(H,28,32). The maximum Gasteiger partial charge on any atom is 0.322 e. The molecular formula is C24H27Cl2N5O2. The molecule has 0 unspecified atom stereocenters. The average Bonchev–Trinajstić information content (AvgIpc) is 3.18. The van der Waals surface area contributed by atoms with Gasteiger partial charge in [-0.25, -0.2) is 9.48 Å². The van der Waals surface area contributed by atoms with Gasteiger partial charge in [-0.05, 0) is 55.5 Å². The summed E-state index contributed by atoms with van der Waals surface area (Å²) in [5.41, 5.74) is 1.96. The first-order valence-electron chi connectivity index (χ1n) is 10.5. The number of likely N-dealkylation sites (N-methyl/N-ethyl adjacent to an activating group) is 1. The Bertz CT molecular complexity index is 1120. The van der Waals surface area contributed by atoms with Crippen LogP contribution in [0, 0.1) is 0 Å². The normalized spacial score (nSPS) is 11.2. The van der Waals surface area contributed by atoms with E-state index in [1.54, 1.807) is 41.1 Å². The summed E-state index contributed by atoms with van der Waals surface area (Å²) in [6.45, 7) is 8.20. The van der Waals surface area contributed by atoms with E-state index in [0.29, 0.717) is 28.1 Å². The van der Waals surface area contributed by atoms with Gasteiger partial charge in [0.1, 0.15) is 12.4 Å². The molecule has 2 N–H and O–H groups in total. The number of hydrogen-bond donors (Lipinski definition) is 2. The van der Waals surface area contributed by atoms with Crippen molar-refractivity contribution in [2.45, 2.75) is 33.1 Å². The summed E-state index contributed by atoms with van der Waals surface area (Å²) >= 11 is 11.9. The highest BCUT2D eigenvalue weighted by Crippen LogP contribution is 2.27. The minimum atomic E-state index is -0.378. The Morgan fingerprint density at radius 2 is 1.55 bits per heavy atom. The Kier molecular flexibility index (Phi) is 7.66. The molecule has 1 aromatic heterocycles. The minimum Gasteiger partial charge on any atom is -0.315 e. The molecule has 0 saturated carbocycles. The van der Waals surface area contributed by atoms with Crippen molar-refractivity contribution in [2.24, 2.45) is 0 Å². The van der Waals surface area contributed by atoms with Crippen LogP contribution in [-0.2, 0) is 10.2 Å². The summed E-state index contributed by atoms with van der Waals surface area (Å²) in [4.78, 5) is 26.9. The van der Waals surface area contributed by atoms with Gasteiger partial charge in [-0.15, -0.1) is 0 Å². The number of nitrogens with one attached hydrogen (secondary N) is 2. The van der Waals surface area contributed by atoms with E-state index in [9.17, 15) is 9.59 Å². The third-order valence-corrected chi connectivity index (χ3v) is 5.42. The second-order valence-corrected chi connectivity index (χ2v) is 9.43. The van der Waals surface area contributed by atoms with Crippen LogP contribution in [0.4, 0.5) is 16.3 Å². The van der Waals surface area contributed by atoms with E-state index < -0.39 is 0 Å². The fourth-order valence-corrected chi connectivity index (χ4v) is 3.29. The molecule has 174 valence electrons. The zero-order valence-electron chi connectivity index (χ0n) is 19.0. The van der Waals surface area contributed by atoms with Crippen LogP contribution in [0.1, 0.15) is 33.4 Å². The summed E-state index contributed by atoms with van der Waals surface area (Å²) in [5, 5.41) is 11.5. The summed E-state index contributed by atoms with van der Waals surface area (Å²) < 4.78 is 1.67. The van der Waals surface area contributed by atoms with Crippen LogP contribution < -0.4 is 10.6 Å². The SMILES string of the molecule is CCN(CC(=O)Nc1cc(C(C)(C)C)nn1-c1ccc(Cl)cc1)C(=O)Nc1ccc(Cl)cc1. The van der Waals surface area contributed by atoms with Crippen molar-refractivity contribution >= 4 is 46.6 Å². The van der Waals surface area contributed by atoms with Gasteiger partial charge in [0.05, 0.1) is 11.4 Å². The quantitative estimate of drug-likeness (QED) is 0.449. The molecule has 0 saturated heterocycles. The lowest BCUT2D eigenvalue weighted by molar-refractivity contribution is -0.116. The molecule has 0 aliphatic carbocycles. The number of urea groups is 1. The van der Waals surface area contributed by atoms with Crippen molar-refractivity contribution in [2.75, 3.05) is 23.7 Å². The van der Waals surface area contributed by atoms with Gasteiger partial charge in [0.2, 0.25) is 5.91 Å². The predicted octanol–water partition coefficient (Wildman–Crippen LogP) is 5.97. The largest absolute Gasteiger partial charge is 0.322 e.